The molecule has 0 saturated carbocycles. The Balaban J connectivity index is 1.39. The van der Waals surface area contributed by atoms with Gasteiger partial charge in [0.2, 0.25) is 5.91 Å². The number of rotatable bonds is 6. The monoisotopic (exact) mass is 409 g/mol. The van der Waals surface area contributed by atoms with Gasteiger partial charge in [0.1, 0.15) is 5.82 Å². The van der Waals surface area contributed by atoms with Crippen molar-refractivity contribution in [2.45, 2.75) is 6.42 Å². The number of piperazine rings is 1. The summed E-state index contributed by atoms with van der Waals surface area (Å²) in [5, 5.41) is 3.95. The molecule has 2 aromatic rings. The molecular formula is C20H22Cl2FN3O. The Hall–Kier alpha value is -1.82. The summed E-state index contributed by atoms with van der Waals surface area (Å²) in [5.41, 5.74) is 1.70. The standard InChI is InChI=1S/C20H22Cl2FN3O/c21-18-2-1-3-19(22)17(18)14-20(27)24-8-9-25-10-12-26(13-11-25)16-6-4-15(23)5-7-16/h1-7H,8-14H2,(H,24,27). The number of carbonyl (C=O) groups excluding carboxylic acids is 1. The Morgan fingerprint density at radius 2 is 1.63 bits per heavy atom. The zero-order valence-corrected chi connectivity index (χ0v) is 16.4. The quantitative estimate of drug-likeness (QED) is 0.791. The first-order chi connectivity index (χ1) is 13.0. The Labute approximate surface area is 168 Å². The van der Waals surface area contributed by atoms with Gasteiger partial charge in [0.15, 0.2) is 0 Å². The molecule has 1 fully saturated rings. The molecule has 1 aliphatic rings. The summed E-state index contributed by atoms with van der Waals surface area (Å²) in [6.07, 6.45) is 0.177. The molecule has 0 aliphatic carbocycles. The molecule has 0 bridgehead atoms. The van der Waals surface area contributed by atoms with Crippen LogP contribution in [0.2, 0.25) is 10.0 Å². The van der Waals surface area contributed by atoms with E-state index in [2.05, 4.69) is 15.1 Å². The molecule has 2 aromatic carbocycles. The summed E-state index contributed by atoms with van der Waals surface area (Å²) in [7, 11) is 0. The smallest absolute Gasteiger partial charge is 0.224 e. The Kier molecular flexibility index (Phi) is 6.94. The Morgan fingerprint density at radius 3 is 2.26 bits per heavy atom. The number of anilines is 1. The predicted molar refractivity (Wildman–Crippen MR) is 108 cm³/mol. The molecule has 7 heteroatoms. The van der Waals surface area contributed by atoms with E-state index in [1.54, 1.807) is 18.2 Å². The highest BCUT2D eigenvalue weighted by Gasteiger charge is 2.17. The molecule has 144 valence electrons. The van der Waals surface area contributed by atoms with E-state index in [-0.39, 0.29) is 18.1 Å². The highest BCUT2D eigenvalue weighted by atomic mass is 35.5. The average Bonchev–Trinajstić information content (AvgIpc) is 2.66. The van der Waals surface area contributed by atoms with Crippen LogP contribution in [0.3, 0.4) is 0 Å². The van der Waals surface area contributed by atoms with Crippen molar-refractivity contribution in [3.05, 3.63) is 63.9 Å². The van der Waals surface area contributed by atoms with E-state index in [1.165, 1.54) is 12.1 Å². The number of nitrogens with zero attached hydrogens (tertiary/aromatic N) is 2. The zero-order valence-electron chi connectivity index (χ0n) is 14.9. The number of halogens is 3. The molecule has 1 heterocycles. The number of amides is 1. The third-order valence-corrected chi connectivity index (χ3v) is 5.42. The summed E-state index contributed by atoms with van der Waals surface area (Å²) in [6.45, 7) is 4.95. The molecule has 0 unspecified atom stereocenters. The van der Waals surface area contributed by atoms with Crippen LogP contribution >= 0.6 is 23.2 Å². The molecule has 0 atom stereocenters. The highest BCUT2D eigenvalue weighted by Crippen LogP contribution is 2.24. The first-order valence-corrected chi connectivity index (χ1v) is 9.71. The average molecular weight is 410 g/mol. The first-order valence-electron chi connectivity index (χ1n) is 8.95. The van der Waals surface area contributed by atoms with E-state index >= 15 is 0 Å². The van der Waals surface area contributed by atoms with Crippen molar-refractivity contribution in [2.75, 3.05) is 44.2 Å². The van der Waals surface area contributed by atoms with Crippen molar-refractivity contribution in [2.24, 2.45) is 0 Å². The van der Waals surface area contributed by atoms with E-state index in [9.17, 15) is 9.18 Å². The van der Waals surface area contributed by atoms with Crippen molar-refractivity contribution in [3.8, 4) is 0 Å². The minimum Gasteiger partial charge on any atom is -0.369 e. The van der Waals surface area contributed by atoms with Gasteiger partial charge in [0.25, 0.3) is 0 Å². The summed E-state index contributed by atoms with van der Waals surface area (Å²) >= 11 is 12.2. The summed E-state index contributed by atoms with van der Waals surface area (Å²) in [4.78, 5) is 16.7. The fourth-order valence-electron chi connectivity index (χ4n) is 3.16. The minimum atomic E-state index is -0.216. The van der Waals surface area contributed by atoms with Crippen molar-refractivity contribution in [3.63, 3.8) is 0 Å². The van der Waals surface area contributed by atoms with Crippen LogP contribution in [-0.2, 0) is 11.2 Å². The molecule has 0 aromatic heterocycles. The van der Waals surface area contributed by atoms with Gasteiger partial charge < -0.3 is 10.2 Å². The third kappa shape index (κ3) is 5.58. The van der Waals surface area contributed by atoms with Crippen LogP contribution in [0.15, 0.2) is 42.5 Å². The van der Waals surface area contributed by atoms with Gasteiger partial charge in [-0.3, -0.25) is 9.69 Å². The van der Waals surface area contributed by atoms with E-state index in [1.807, 2.05) is 12.1 Å². The zero-order chi connectivity index (χ0) is 19.2. The van der Waals surface area contributed by atoms with Gasteiger partial charge >= 0.3 is 0 Å². The van der Waals surface area contributed by atoms with Crippen LogP contribution in [0.25, 0.3) is 0 Å². The van der Waals surface area contributed by atoms with Gasteiger partial charge in [-0.15, -0.1) is 0 Å². The Morgan fingerprint density at radius 1 is 1.00 bits per heavy atom. The molecular weight excluding hydrogens is 388 g/mol. The third-order valence-electron chi connectivity index (χ3n) is 4.71. The van der Waals surface area contributed by atoms with Gasteiger partial charge in [0, 0.05) is 55.0 Å². The second-order valence-electron chi connectivity index (χ2n) is 6.53. The van der Waals surface area contributed by atoms with Gasteiger partial charge in [-0.1, -0.05) is 29.3 Å². The van der Waals surface area contributed by atoms with Gasteiger partial charge in [-0.25, -0.2) is 4.39 Å². The maximum Gasteiger partial charge on any atom is 0.224 e. The van der Waals surface area contributed by atoms with Crippen molar-refractivity contribution in [1.82, 2.24) is 10.2 Å². The maximum atomic E-state index is 13.0. The molecule has 27 heavy (non-hydrogen) atoms. The fraction of sp³-hybridized carbons (Fsp3) is 0.350. The normalized spacial score (nSPS) is 15.0. The molecule has 1 N–H and O–H groups in total. The van der Waals surface area contributed by atoms with E-state index in [0.717, 1.165) is 38.4 Å². The fourth-order valence-corrected chi connectivity index (χ4v) is 3.69. The van der Waals surface area contributed by atoms with Gasteiger partial charge in [-0.2, -0.15) is 0 Å². The molecule has 0 spiro atoms. The molecule has 4 nitrogen and oxygen atoms in total. The molecule has 0 radical (unpaired) electrons. The van der Waals surface area contributed by atoms with E-state index < -0.39 is 0 Å². The number of hydrogen-bond acceptors (Lipinski definition) is 3. The number of nitrogens with one attached hydrogen (secondary N) is 1. The van der Waals surface area contributed by atoms with E-state index in [0.29, 0.717) is 22.2 Å². The molecule has 1 saturated heterocycles. The Bertz CT molecular complexity index is 757. The lowest BCUT2D eigenvalue weighted by atomic mass is 10.1. The first kappa shape index (κ1) is 19.9. The lowest BCUT2D eigenvalue weighted by Gasteiger charge is -2.36. The van der Waals surface area contributed by atoms with Crippen LogP contribution in [0.1, 0.15) is 5.56 Å². The van der Waals surface area contributed by atoms with Crippen LogP contribution in [0.4, 0.5) is 10.1 Å². The number of hydrogen-bond donors (Lipinski definition) is 1. The molecule has 3 rings (SSSR count). The maximum absolute atomic E-state index is 13.0. The number of benzene rings is 2. The predicted octanol–water partition coefficient (Wildman–Crippen LogP) is 3.61. The van der Waals surface area contributed by atoms with Gasteiger partial charge in [0.05, 0.1) is 6.42 Å². The van der Waals surface area contributed by atoms with Crippen LogP contribution in [0.5, 0.6) is 0 Å². The second kappa shape index (κ2) is 9.40. The summed E-state index contributed by atoms with van der Waals surface area (Å²) < 4.78 is 13.0. The van der Waals surface area contributed by atoms with Crippen LogP contribution in [0, 0.1) is 5.82 Å². The number of carbonyl (C=O) groups is 1. The lowest BCUT2D eigenvalue weighted by Crippen LogP contribution is -2.48. The van der Waals surface area contributed by atoms with E-state index in [4.69, 9.17) is 23.2 Å². The molecule has 1 aliphatic heterocycles. The lowest BCUT2D eigenvalue weighted by molar-refractivity contribution is -0.120. The molecule has 1 amide bonds. The van der Waals surface area contributed by atoms with Crippen LogP contribution < -0.4 is 10.2 Å². The van der Waals surface area contributed by atoms with Gasteiger partial charge in [-0.05, 0) is 42.0 Å². The topological polar surface area (TPSA) is 35.6 Å². The minimum absolute atomic E-state index is 0.0880. The van der Waals surface area contributed by atoms with Crippen molar-refractivity contribution < 1.29 is 9.18 Å². The highest BCUT2D eigenvalue weighted by molar-refractivity contribution is 6.36. The van der Waals surface area contributed by atoms with Crippen molar-refractivity contribution >= 4 is 34.8 Å². The second-order valence-corrected chi connectivity index (χ2v) is 7.35. The summed E-state index contributed by atoms with van der Waals surface area (Å²) in [6, 6.07) is 11.8. The largest absolute Gasteiger partial charge is 0.369 e. The summed E-state index contributed by atoms with van der Waals surface area (Å²) in [5.74, 6) is -0.304. The van der Waals surface area contributed by atoms with Crippen LogP contribution in [-0.4, -0.2) is 50.1 Å². The van der Waals surface area contributed by atoms with Crippen molar-refractivity contribution in [1.29, 1.82) is 0 Å². The SMILES string of the molecule is O=C(Cc1c(Cl)cccc1Cl)NCCN1CCN(c2ccc(F)cc2)CC1.